The van der Waals surface area contributed by atoms with Gasteiger partial charge in [0.1, 0.15) is 23.1 Å². The van der Waals surface area contributed by atoms with Gasteiger partial charge in [-0.25, -0.2) is 8.78 Å². The van der Waals surface area contributed by atoms with Crippen molar-refractivity contribution < 1.29 is 28.6 Å². The van der Waals surface area contributed by atoms with Gasteiger partial charge in [-0.05, 0) is 40.6 Å². The maximum Gasteiger partial charge on any atom is 0.300 e. The van der Waals surface area contributed by atoms with E-state index < -0.39 is 40.8 Å². The molecule has 1 atom stereocenters. The fourth-order valence-electron chi connectivity index (χ4n) is 4.34. The highest BCUT2D eigenvalue weighted by Gasteiger charge is 2.48. The molecule has 4 aromatic rings. The van der Waals surface area contributed by atoms with Crippen LogP contribution in [-0.4, -0.2) is 21.9 Å². The summed E-state index contributed by atoms with van der Waals surface area (Å²) in [6.45, 7) is 0. The van der Waals surface area contributed by atoms with Gasteiger partial charge in [0.15, 0.2) is 0 Å². The first-order chi connectivity index (χ1) is 16.4. The van der Waals surface area contributed by atoms with Crippen molar-refractivity contribution in [2.45, 2.75) is 6.04 Å². The summed E-state index contributed by atoms with van der Waals surface area (Å²) in [6, 6.07) is 19.3. The number of amides is 1. The highest BCUT2D eigenvalue weighted by Crippen LogP contribution is 2.44. The Bertz CT molecular complexity index is 1510. The Labute approximate surface area is 192 Å². The lowest BCUT2D eigenvalue weighted by Gasteiger charge is -2.26. The third-order valence-electron chi connectivity index (χ3n) is 5.84. The van der Waals surface area contributed by atoms with Crippen LogP contribution in [0.2, 0.25) is 0 Å². The van der Waals surface area contributed by atoms with Crippen LogP contribution in [0.4, 0.5) is 14.5 Å². The molecule has 0 aliphatic carbocycles. The van der Waals surface area contributed by atoms with E-state index in [4.69, 9.17) is 0 Å². The fourth-order valence-corrected chi connectivity index (χ4v) is 4.34. The number of phenols is 1. The van der Waals surface area contributed by atoms with E-state index >= 15 is 0 Å². The summed E-state index contributed by atoms with van der Waals surface area (Å²) in [5.41, 5.74) is -0.200. The molecule has 2 N–H and O–H groups in total. The molecule has 0 bridgehead atoms. The number of anilines is 1. The average molecular weight is 457 g/mol. The van der Waals surface area contributed by atoms with Gasteiger partial charge in [-0.2, -0.15) is 0 Å². The summed E-state index contributed by atoms with van der Waals surface area (Å²) >= 11 is 0. The number of Topliss-reactive ketones (excluding diaryl/α,β-unsaturated/α-hetero) is 1. The van der Waals surface area contributed by atoms with Gasteiger partial charge in [0, 0.05) is 11.6 Å². The summed E-state index contributed by atoms with van der Waals surface area (Å²) in [7, 11) is 0. The predicted octanol–water partition coefficient (Wildman–Crippen LogP) is 5.45. The molecule has 1 unspecified atom stereocenters. The smallest absolute Gasteiger partial charge is 0.300 e. The van der Waals surface area contributed by atoms with Crippen molar-refractivity contribution in [1.29, 1.82) is 0 Å². The third kappa shape index (κ3) is 3.38. The molecule has 34 heavy (non-hydrogen) atoms. The number of hydrogen-bond acceptors (Lipinski definition) is 4. The van der Waals surface area contributed by atoms with Gasteiger partial charge in [0.2, 0.25) is 0 Å². The predicted molar refractivity (Wildman–Crippen MR) is 123 cm³/mol. The van der Waals surface area contributed by atoms with Gasteiger partial charge in [-0.3, -0.25) is 14.5 Å². The molecule has 5 rings (SSSR count). The van der Waals surface area contributed by atoms with E-state index in [-0.39, 0.29) is 16.9 Å². The molecule has 0 aromatic heterocycles. The van der Waals surface area contributed by atoms with Crippen molar-refractivity contribution in [2.24, 2.45) is 0 Å². The van der Waals surface area contributed by atoms with E-state index in [0.29, 0.717) is 10.9 Å². The molecular formula is C27H17F2NO4. The second-order valence-corrected chi connectivity index (χ2v) is 7.89. The zero-order valence-electron chi connectivity index (χ0n) is 17.6. The number of aliphatic hydroxyl groups is 1. The van der Waals surface area contributed by atoms with Crippen molar-refractivity contribution in [3.8, 4) is 5.75 Å². The molecule has 0 spiro atoms. The van der Waals surface area contributed by atoms with Crippen LogP contribution < -0.4 is 4.90 Å². The number of aromatic hydroxyl groups is 1. The van der Waals surface area contributed by atoms with Crippen LogP contribution in [0, 0.1) is 11.6 Å². The lowest BCUT2D eigenvalue weighted by molar-refractivity contribution is -0.132. The number of ketones is 1. The summed E-state index contributed by atoms with van der Waals surface area (Å²) < 4.78 is 28.8. The van der Waals surface area contributed by atoms with Crippen LogP contribution in [-0.2, 0) is 9.59 Å². The quantitative estimate of drug-likeness (QED) is 0.244. The molecule has 1 fully saturated rings. The topological polar surface area (TPSA) is 77.8 Å². The van der Waals surface area contributed by atoms with Crippen molar-refractivity contribution >= 4 is 33.9 Å². The number of fused-ring (bicyclic) bond motifs is 1. The molecule has 0 radical (unpaired) electrons. The van der Waals surface area contributed by atoms with E-state index in [0.717, 1.165) is 28.5 Å². The van der Waals surface area contributed by atoms with Crippen LogP contribution in [0.15, 0.2) is 90.5 Å². The SMILES string of the molecule is O=C1C(=O)N(c2cc(F)ccc2F)C(c2cccc(O)c2)/C1=C(/O)c1cccc2ccccc12. The first kappa shape index (κ1) is 21.3. The number of nitrogens with zero attached hydrogens (tertiary/aromatic N) is 1. The van der Waals surface area contributed by atoms with Crippen molar-refractivity contribution in [1.82, 2.24) is 0 Å². The van der Waals surface area contributed by atoms with Crippen LogP contribution in [0.25, 0.3) is 16.5 Å². The van der Waals surface area contributed by atoms with Gasteiger partial charge in [-0.1, -0.05) is 54.6 Å². The first-order valence-corrected chi connectivity index (χ1v) is 10.4. The number of hydrogen-bond donors (Lipinski definition) is 2. The van der Waals surface area contributed by atoms with E-state index in [1.54, 1.807) is 24.3 Å². The third-order valence-corrected chi connectivity index (χ3v) is 5.84. The first-order valence-electron chi connectivity index (χ1n) is 10.4. The second kappa shape index (κ2) is 8.12. The fraction of sp³-hybridized carbons (Fsp3) is 0.0370. The molecule has 4 aromatic carbocycles. The van der Waals surface area contributed by atoms with Gasteiger partial charge >= 0.3 is 0 Å². The van der Waals surface area contributed by atoms with Crippen LogP contribution in [0.3, 0.4) is 0 Å². The Hall–Kier alpha value is -4.52. The molecule has 0 saturated carbocycles. The van der Waals surface area contributed by atoms with Crippen molar-refractivity contribution in [2.75, 3.05) is 4.90 Å². The largest absolute Gasteiger partial charge is 0.508 e. The minimum Gasteiger partial charge on any atom is -0.508 e. The molecule has 1 aliphatic heterocycles. The Morgan fingerprint density at radius 3 is 2.38 bits per heavy atom. The summed E-state index contributed by atoms with van der Waals surface area (Å²) in [4.78, 5) is 27.2. The summed E-state index contributed by atoms with van der Waals surface area (Å²) in [5.74, 6) is -4.52. The van der Waals surface area contributed by atoms with Gasteiger partial charge in [0.25, 0.3) is 11.7 Å². The number of rotatable bonds is 3. The maximum atomic E-state index is 14.7. The summed E-state index contributed by atoms with van der Waals surface area (Å²) in [6.07, 6.45) is 0. The van der Waals surface area contributed by atoms with Crippen molar-refractivity contribution in [3.05, 3.63) is 113 Å². The molecule has 1 heterocycles. The Morgan fingerprint density at radius 2 is 1.59 bits per heavy atom. The summed E-state index contributed by atoms with van der Waals surface area (Å²) in [5, 5.41) is 22.8. The Morgan fingerprint density at radius 1 is 0.853 bits per heavy atom. The lowest BCUT2D eigenvalue weighted by atomic mass is 9.93. The van der Waals surface area contributed by atoms with Crippen LogP contribution >= 0.6 is 0 Å². The van der Waals surface area contributed by atoms with Crippen molar-refractivity contribution in [3.63, 3.8) is 0 Å². The molecule has 5 nitrogen and oxygen atoms in total. The molecular weight excluding hydrogens is 440 g/mol. The highest BCUT2D eigenvalue weighted by molar-refractivity contribution is 6.51. The standard InChI is InChI=1S/C27H17F2NO4/c28-17-11-12-21(29)22(14-17)30-24(16-7-3-8-18(31)13-16)23(26(33)27(30)34)25(32)20-10-4-6-15-5-1-2-9-19(15)20/h1-14,24,31-32H/b25-23-. The number of phenolic OH excluding ortho intramolecular Hbond substituents is 1. The second-order valence-electron chi connectivity index (χ2n) is 7.89. The van der Waals surface area contributed by atoms with Crippen LogP contribution in [0.1, 0.15) is 17.2 Å². The molecule has 1 aliphatic rings. The average Bonchev–Trinajstić information content (AvgIpc) is 3.10. The number of halogens is 2. The molecule has 1 amide bonds. The number of carbonyl (C=O) groups excluding carboxylic acids is 2. The Kier molecular flexibility index (Phi) is 5.09. The Balaban J connectivity index is 1.81. The van der Waals surface area contributed by atoms with Crippen LogP contribution in [0.5, 0.6) is 5.75 Å². The molecule has 168 valence electrons. The van der Waals surface area contributed by atoms with Gasteiger partial charge in [-0.15, -0.1) is 0 Å². The lowest BCUT2D eigenvalue weighted by Crippen LogP contribution is -2.30. The highest BCUT2D eigenvalue weighted by atomic mass is 19.1. The molecule has 1 saturated heterocycles. The van der Waals surface area contributed by atoms with E-state index in [1.165, 1.54) is 24.3 Å². The van der Waals surface area contributed by atoms with Gasteiger partial charge < -0.3 is 10.2 Å². The zero-order chi connectivity index (χ0) is 24.0. The number of benzene rings is 4. The zero-order valence-corrected chi connectivity index (χ0v) is 17.6. The minimum atomic E-state index is -1.30. The van der Waals surface area contributed by atoms with E-state index in [1.807, 2.05) is 18.2 Å². The monoisotopic (exact) mass is 457 g/mol. The normalized spacial score (nSPS) is 17.5. The molecule has 7 heteroatoms. The minimum absolute atomic E-state index is 0.159. The van der Waals surface area contributed by atoms with E-state index in [2.05, 4.69) is 0 Å². The van der Waals surface area contributed by atoms with E-state index in [9.17, 15) is 28.6 Å². The number of aliphatic hydroxyl groups excluding tert-OH is 1. The van der Waals surface area contributed by atoms with Gasteiger partial charge in [0.05, 0.1) is 17.3 Å². The number of carbonyl (C=O) groups is 2. The maximum absolute atomic E-state index is 14.7.